The van der Waals surface area contributed by atoms with E-state index < -0.39 is 8.07 Å². The fraction of sp³-hybridized carbons (Fsp3) is 0.333. The highest BCUT2D eigenvalue weighted by Crippen LogP contribution is 2.77. The van der Waals surface area contributed by atoms with Crippen molar-refractivity contribution in [2.24, 2.45) is 11.8 Å². The van der Waals surface area contributed by atoms with Gasteiger partial charge in [0.2, 0.25) is 0 Å². The summed E-state index contributed by atoms with van der Waals surface area (Å²) in [7, 11) is -1.54. The Labute approximate surface area is 133 Å². The van der Waals surface area contributed by atoms with Crippen LogP contribution in [0.25, 0.3) is 0 Å². The lowest BCUT2D eigenvalue weighted by molar-refractivity contribution is 0.565. The Morgan fingerprint density at radius 1 is 0.727 bits per heavy atom. The number of hydrogen-bond donors (Lipinski definition) is 0. The Hall–Kier alpha value is -1.60. The lowest BCUT2D eigenvalue weighted by Gasteiger charge is -2.45. The van der Waals surface area contributed by atoms with E-state index in [-0.39, 0.29) is 0 Å². The lowest BCUT2D eigenvalue weighted by atomic mass is 9.82. The quantitative estimate of drug-likeness (QED) is 0.548. The maximum Gasteiger partial charge on any atom is 0.0798 e. The van der Waals surface area contributed by atoms with Gasteiger partial charge in [-0.1, -0.05) is 85.9 Å². The highest BCUT2D eigenvalue weighted by Gasteiger charge is 2.80. The van der Waals surface area contributed by atoms with Gasteiger partial charge in [-0.2, -0.15) is 0 Å². The zero-order valence-corrected chi connectivity index (χ0v) is 14.3. The van der Waals surface area contributed by atoms with Crippen LogP contribution in [0.1, 0.15) is 17.5 Å². The largest absolute Gasteiger partial charge is 0.0798 e. The van der Waals surface area contributed by atoms with Gasteiger partial charge >= 0.3 is 0 Å². The van der Waals surface area contributed by atoms with Crippen molar-refractivity contribution in [1.29, 1.82) is 0 Å². The standard InChI is InChI=1S/C21H22Si/c1-22(2)20(16-9-5-3-6-10-16)13-14-21(22,19-15-18(19)20)17-11-7-4-8-12-17/h3-14,18-19H,15H2,1-2H3. The molecule has 0 nitrogen and oxygen atoms in total. The first-order chi connectivity index (χ1) is 10.6. The van der Waals surface area contributed by atoms with Gasteiger partial charge in [-0.05, 0) is 29.4 Å². The maximum atomic E-state index is 2.64. The number of allylic oxidation sites excluding steroid dienone is 2. The molecule has 0 N–H and O–H groups in total. The van der Waals surface area contributed by atoms with Crippen LogP contribution in [0.2, 0.25) is 13.1 Å². The number of benzene rings is 2. The summed E-state index contributed by atoms with van der Waals surface area (Å²) in [6, 6.07) is 22.7. The van der Waals surface area contributed by atoms with Crippen molar-refractivity contribution < 1.29 is 0 Å². The Kier molecular flexibility index (Phi) is 2.25. The summed E-state index contributed by atoms with van der Waals surface area (Å²) < 4.78 is 0. The normalized spacial score (nSPS) is 39.7. The molecule has 4 unspecified atom stereocenters. The van der Waals surface area contributed by atoms with E-state index in [4.69, 9.17) is 0 Å². The molecule has 22 heavy (non-hydrogen) atoms. The van der Waals surface area contributed by atoms with Crippen LogP contribution in [-0.2, 0) is 10.1 Å². The third-order valence-electron chi connectivity index (χ3n) is 7.14. The summed E-state index contributed by atoms with van der Waals surface area (Å²) in [5.41, 5.74) is 3.15. The zero-order valence-electron chi connectivity index (χ0n) is 13.3. The molecule has 110 valence electrons. The molecule has 0 spiro atoms. The first kappa shape index (κ1) is 12.9. The van der Waals surface area contributed by atoms with Gasteiger partial charge < -0.3 is 0 Å². The van der Waals surface area contributed by atoms with Crippen LogP contribution in [0.4, 0.5) is 0 Å². The second-order valence-corrected chi connectivity index (χ2v) is 12.8. The molecule has 2 aromatic rings. The van der Waals surface area contributed by atoms with Crippen LogP contribution in [0.3, 0.4) is 0 Å². The summed E-state index contributed by atoms with van der Waals surface area (Å²) >= 11 is 0. The van der Waals surface area contributed by atoms with Crippen molar-refractivity contribution in [2.75, 3.05) is 0 Å². The van der Waals surface area contributed by atoms with Crippen molar-refractivity contribution in [3.8, 4) is 0 Å². The van der Waals surface area contributed by atoms with Crippen molar-refractivity contribution in [3.05, 3.63) is 83.9 Å². The van der Waals surface area contributed by atoms with Gasteiger partial charge in [0.15, 0.2) is 0 Å². The second kappa shape index (κ2) is 3.83. The maximum absolute atomic E-state index is 2.64. The highest BCUT2D eigenvalue weighted by molar-refractivity contribution is 6.86. The molecule has 2 fully saturated rings. The molecular weight excluding hydrogens is 280 g/mol. The molecular formula is C21H22Si. The molecule has 2 bridgehead atoms. The van der Waals surface area contributed by atoms with E-state index in [0.29, 0.717) is 10.1 Å². The molecule has 1 saturated carbocycles. The molecule has 0 amide bonds. The topological polar surface area (TPSA) is 0 Å². The molecule has 3 aliphatic rings. The zero-order chi connectivity index (χ0) is 15.0. The SMILES string of the molecule is C[Si]1(C)C2(c3ccccc3)C=CC1(c1ccccc1)C1CC12. The summed E-state index contributed by atoms with van der Waals surface area (Å²) in [6.07, 6.45) is 6.65. The lowest BCUT2D eigenvalue weighted by Crippen LogP contribution is -2.57. The van der Waals surface area contributed by atoms with E-state index in [9.17, 15) is 0 Å². The molecule has 0 radical (unpaired) electrons. The Bertz CT molecular complexity index is 698. The van der Waals surface area contributed by atoms with E-state index in [0.717, 1.165) is 11.8 Å². The fourth-order valence-corrected chi connectivity index (χ4v) is 12.1. The minimum Gasteiger partial charge on any atom is -0.0798 e. The predicted octanol–water partition coefficient (Wildman–Crippen LogP) is 4.87. The highest BCUT2D eigenvalue weighted by atomic mass is 28.3. The van der Waals surface area contributed by atoms with Crippen LogP contribution in [0, 0.1) is 11.8 Å². The molecule has 5 rings (SSSR count). The molecule has 0 aromatic heterocycles. The molecule has 2 heterocycles. The van der Waals surface area contributed by atoms with Gasteiger partial charge in [0.25, 0.3) is 0 Å². The molecule has 4 atom stereocenters. The van der Waals surface area contributed by atoms with Crippen LogP contribution < -0.4 is 0 Å². The second-order valence-electron chi connectivity index (χ2n) is 7.88. The smallest absolute Gasteiger partial charge is 0.0798 e. The van der Waals surface area contributed by atoms with E-state index in [1.54, 1.807) is 11.1 Å². The van der Waals surface area contributed by atoms with Gasteiger partial charge in [-0.25, -0.2) is 0 Å². The Morgan fingerprint density at radius 3 is 1.55 bits per heavy atom. The van der Waals surface area contributed by atoms with E-state index >= 15 is 0 Å². The molecule has 2 aliphatic heterocycles. The van der Waals surface area contributed by atoms with Gasteiger partial charge in [-0.3, -0.25) is 0 Å². The first-order valence-electron chi connectivity index (χ1n) is 8.46. The van der Waals surface area contributed by atoms with Gasteiger partial charge in [0, 0.05) is 10.1 Å². The summed E-state index contributed by atoms with van der Waals surface area (Å²) in [5.74, 6) is 1.75. The summed E-state index contributed by atoms with van der Waals surface area (Å²) in [4.78, 5) is 0. The number of fused-ring (bicyclic) bond motifs is 5. The van der Waals surface area contributed by atoms with Crippen molar-refractivity contribution >= 4 is 8.07 Å². The monoisotopic (exact) mass is 302 g/mol. The van der Waals surface area contributed by atoms with Gasteiger partial charge in [0.1, 0.15) is 0 Å². The van der Waals surface area contributed by atoms with Crippen LogP contribution in [0.15, 0.2) is 72.8 Å². The average Bonchev–Trinajstić information content (AvgIpc) is 3.30. The van der Waals surface area contributed by atoms with Crippen LogP contribution in [0.5, 0.6) is 0 Å². The van der Waals surface area contributed by atoms with Crippen LogP contribution >= 0.6 is 0 Å². The molecule has 1 heteroatoms. The Morgan fingerprint density at radius 2 is 1.14 bits per heavy atom. The number of hydrogen-bond acceptors (Lipinski definition) is 0. The molecule has 1 saturated heterocycles. The first-order valence-corrected chi connectivity index (χ1v) is 11.5. The van der Waals surface area contributed by atoms with Crippen molar-refractivity contribution in [3.63, 3.8) is 0 Å². The number of rotatable bonds is 2. The molecule has 2 aromatic carbocycles. The van der Waals surface area contributed by atoms with Crippen molar-refractivity contribution in [2.45, 2.75) is 29.6 Å². The Balaban J connectivity index is 1.76. The van der Waals surface area contributed by atoms with E-state index in [2.05, 4.69) is 85.9 Å². The minimum absolute atomic E-state index is 0.356. The van der Waals surface area contributed by atoms with E-state index in [1.807, 2.05) is 0 Å². The fourth-order valence-electron chi connectivity index (χ4n) is 6.17. The van der Waals surface area contributed by atoms with Crippen molar-refractivity contribution in [1.82, 2.24) is 0 Å². The summed E-state index contributed by atoms with van der Waals surface area (Å²) in [6.45, 7) is 5.28. The third-order valence-corrected chi connectivity index (χ3v) is 12.9. The van der Waals surface area contributed by atoms with Gasteiger partial charge in [0.05, 0.1) is 8.07 Å². The minimum atomic E-state index is -1.54. The van der Waals surface area contributed by atoms with E-state index in [1.165, 1.54) is 6.42 Å². The molecule has 1 aliphatic carbocycles. The van der Waals surface area contributed by atoms with Gasteiger partial charge in [-0.15, -0.1) is 0 Å². The summed E-state index contributed by atoms with van der Waals surface area (Å²) in [5, 5.41) is 0.712. The predicted molar refractivity (Wildman–Crippen MR) is 94.5 cm³/mol. The average molecular weight is 302 g/mol. The third kappa shape index (κ3) is 1.16. The van der Waals surface area contributed by atoms with Crippen LogP contribution in [-0.4, -0.2) is 8.07 Å².